The SMILES string of the molecule is CCCCNC(=O)[C@@H](Cc1ccccc1)N(Cc1c(Cl)cccc1Cl)C(=O)CCCN(c1cccc(Cl)c1C)S(C)(=O)=O. The van der Waals surface area contributed by atoms with Gasteiger partial charge in [0, 0.05) is 53.1 Å². The zero-order chi connectivity index (χ0) is 31.6. The molecule has 43 heavy (non-hydrogen) atoms. The van der Waals surface area contributed by atoms with E-state index >= 15 is 0 Å². The van der Waals surface area contributed by atoms with E-state index in [2.05, 4.69) is 5.32 Å². The summed E-state index contributed by atoms with van der Waals surface area (Å²) in [6, 6.07) is 18.8. The van der Waals surface area contributed by atoms with Crippen molar-refractivity contribution < 1.29 is 18.0 Å². The lowest BCUT2D eigenvalue weighted by Gasteiger charge is -2.32. The summed E-state index contributed by atoms with van der Waals surface area (Å²) in [5, 5.41) is 4.20. The fraction of sp³-hybridized carbons (Fsp3) is 0.375. The van der Waals surface area contributed by atoms with Crippen LogP contribution in [0.3, 0.4) is 0 Å². The molecule has 0 aromatic heterocycles. The van der Waals surface area contributed by atoms with Crippen molar-refractivity contribution in [3.8, 4) is 0 Å². The van der Waals surface area contributed by atoms with Crippen molar-refractivity contribution >= 4 is 62.3 Å². The molecule has 0 fully saturated rings. The third-order valence-electron chi connectivity index (χ3n) is 7.15. The molecule has 0 unspecified atom stereocenters. The average molecular weight is 667 g/mol. The third-order valence-corrected chi connectivity index (χ3v) is 9.45. The van der Waals surface area contributed by atoms with E-state index in [4.69, 9.17) is 34.8 Å². The highest BCUT2D eigenvalue weighted by molar-refractivity contribution is 7.92. The van der Waals surface area contributed by atoms with Gasteiger partial charge in [0.15, 0.2) is 0 Å². The number of hydrogen-bond donors (Lipinski definition) is 1. The minimum Gasteiger partial charge on any atom is -0.354 e. The third kappa shape index (κ3) is 9.86. The highest BCUT2D eigenvalue weighted by Gasteiger charge is 2.31. The summed E-state index contributed by atoms with van der Waals surface area (Å²) < 4.78 is 26.8. The zero-order valence-electron chi connectivity index (χ0n) is 24.7. The summed E-state index contributed by atoms with van der Waals surface area (Å²) in [7, 11) is -3.67. The molecule has 2 amide bonds. The number of sulfonamides is 1. The molecule has 11 heteroatoms. The topological polar surface area (TPSA) is 86.8 Å². The van der Waals surface area contributed by atoms with Crippen molar-refractivity contribution in [1.82, 2.24) is 10.2 Å². The van der Waals surface area contributed by atoms with Crippen molar-refractivity contribution in [2.45, 2.75) is 58.5 Å². The molecule has 0 spiro atoms. The highest BCUT2D eigenvalue weighted by Crippen LogP contribution is 2.30. The molecule has 0 radical (unpaired) electrons. The standard InChI is InChI=1S/C32H38Cl3N3O4S/c1-4-5-19-36-32(40)30(21-24-12-7-6-8-13-24)37(22-25-27(34)15-9-16-28(25)35)31(39)18-11-20-38(43(3,41)42)29-17-10-14-26(33)23(29)2/h6-10,12-17,30H,4-5,11,18-22H2,1-3H3,(H,36,40)/t30-/m1/s1. The fourth-order valence-corrected chi connectivity index (χ4v) is 6.46. The lowest BCUT2D eigenvalue weighted by molar-refractivity contribution is -0.141. The lowest BCUT2D eigenvalue weighted by atomic mass is 10.0. The molecule has 0 heterocycles. The number of halogens is 3. The highest BCUT2D eigenvalue weighted by atomic mass is 35.5. The Morgan fingerprint density at radius 2 is 1.51 bits per heavy atom. The van der Waals surface area contributed by atoms with E-state index in [1.165, 1.54) is 9.21 Å². The second-order valence-corrected chi connectivity index (χ2v) is 13.5. The molecule has 0 saturated carbocycles. The predicted molar refractivity (Wildman–Crippen MR) is 176 cm³/mol. The van der Waals surface area contributed by atoms with Gasteiger partial charge in [-0.15, -0.1) is 0 Å². The van der Waals surface area contributed by atoms with Crippen LogP contribution in [0.2, 0.25) is 15.1 Å². The van der Waals surface area contributed by atoms with Crippen LogP contribution in [-0.2, 0) is 32.6 Å². The molecular formula is C32H38Cl3N3O4S. The number of nitrogens with zero attached hydrogens (tertiary/aromatic N) is 2. The van der Waals surface area contributed by atoms with Gasteiger partial charge in [-0.1, -0.05) is 90.6 Å². The largest absolute Gasteiger partial charge is 0.354 e. The first-order valence-corrected chi connectivity index (χ1v) is 17.2. The monoisotopic (exact) mass is 665 g/mol. The van der Waals surface area contributed by atoms with E-state index in [0.717, 1.165) is 24.7 Å². The van der Waals surface area contributed by atoms with Gasteiger partial charge in [-0.05, 0) is 55.2 Å². The molecule has 1 atom stereocenters. The van der Waals surface area contributed by atoms with Crippen LogP contribution >= 0.6 is 34.8 Å². The molecule has 1 N–H and O–H groups in total. The molecule has 0 bridgehead atoms. The van der Waals surface area contributed by atoms with Crippen LogP contribution in [0.4, 0.5) is 5.69 Å². The maximum Gasteiger partial charge on any atom is 0.243 e. The second kappa shape index (κ2) is 16.3. The van der Waals surface area contributed by atoms with Gasteiger partial charge < -0.3 is 10.2 Å². The van der Waals surface area contributed by atoms with E-state index in [-0.39, 0.29) is 44.2 Å². The number of nitrogens with one attached hydrogen (secondary N) is 1. The van der Waals surface area contributed by atoms with Gasteiger partial charge in [-0.3, -0.25) is 13.9 Å². The van der Waals surface area contributed by atoms with E-state index in [9.17, 15) is 18.0 Å². The van der Waals surface area contributed by atoms with Crippen LogP contribution in [-0.4, -0.2) is 50.5 Å². The lowest BCUT2D eigenvalue weighted by Crippen LogP contribution is -2.50. The van der Waals surface area contributed by atoms with Gasteiger partial charge in [0.05, 0.1) is 11.9 Å². The molecule has 0 aliphatic heterocycles. The number of benzene rings is 3. The van der Waals surface area contributed by atoms with Crippen molar-refractivity contribution in [1.29, 1.82) is 0 Å². The predicted octanol–water partition coefficient (Wildman–Crippen LogP) is 7.06. The first-order chi connectivity index (χ1) is 20.4. The van der Waals surface area contributed by atoms with Crippen LogP contribution in [0.5, 0.6) is 0 Å². The van der Waals surface area contributed by atoms with E-state index in [1.54, 1.807) is 43.3 Å². The van der Waals surface area contributed by atoms with Crippen LogP contribution < -0.4 is 9.62 Å². The molecule has 7 nitrogen and oxygen atoms in total. The van der Waals surface area contributed by atoms with Crippen molar-refractivity contribution in [2.24, 2.45) is 0 Å². The van der Waals surface area contributed by atoms with Crippen LogP contribution in [0, 0.1) is 6.92 Å². The maximum atomic E-state index is 14.0. The Morgan fingerprint density at radius 3 is 2.14 bits per heavy atom. The quantitative estimate of drug-likeness (QED) is 0.176. The Labute approximate surface area is 270 Å². The van der Waals surface area contributed by atoms with Gasteiger partial charge in [0.1, 0.15) is 6.04 Å². The van der Waals surface area contributed by atoms with Gasteiger partial charge >= 0.3 is 0 Å². The molecule has 232 valence electrons. The molecule has 3 rings (SSSR count). The number of carbonyl (C=O) groups is 2. The van der Waals surface area contributed by atoms with Gasteiger partial charge in [-0.25, -0.2) is 8.42 Å². The molecular weight excluding hydrogens is 629 g/mol. The average Bonchev–Trinajstić information content (AvgIpc) is 2.96. The molecule has 3 aromatic rings. The zero-order valence-corrected chi connectivity index (χ0v) is 27.7. The molecule has 0 aliphatic carbocycles. The van der Waals surface area contributed by atoms with E-state index in [1.807, 2.05) is 37.3 Å². The normalized spacial score (nSPS) is 12.0. The minimum atomic E-state index is -3.67. The maximum absolute atomic E-state index is 14.0. The van der Waals surface area contributed by atoms with Crippen LogP contribution in [0.1, 0.15) is 49.3 Å². The number of carbonyl (C=O) groups excluding carboxylic acids is 2. The summed E-state index contributed by atoms with van der Waals surface area (Å²) in [5.41, 5.74) is 2.51. The Hall–Kier alpha value is -2.78. The summed E-state index contributed by atoms with van der Waals surface area (Å²) >= 11 is 19.3. The first kappa shape index (κ1) is 34.7. The number of rotatable bonds is 15. The molecule has 3 aromatic carbocycles. The molecule has 0 aliphatic rings. The first-order valence-electron chi connectivity index (χ1n) is 14.2. The van der Waals surface area contributed by atoms with Gasteiger partial charge in [-0.2, -0.15) is 0 Å². The summed E-state index contributed by atoms with van der Waals surface area (Å²) in [6.45, 7) is 4.34. The van der Waals surface area contributed by atoms with Crippen molar-refractivity contribution in [3.05, 3.63) is 98.5 Å². The Morgan fingerprint density at radius 1 is 0.884 bits per heavy atom. The summed E-state index contributed by atoms with van der Waals surface area (Å²) in [4.78, 5) is 29.1. The number of amides is 2. The Bertz CT molecular complexity index is 1480. The number of anilines is 1. The van der Waals surface area contributed by atoms with Gasteiger partial charge in [0.2, 0.25) is 21.8 Å². The number of unbranched alkanes of at least 4 members (excludes halogenated alkanes) is 1. The second-order valence-electron chi connectivity index (χ2n) is 10.4. The Balaban J connectivity index is 1.93. The fourth-order valence-electron chi connectivity index (χ4n) is 4.76. The minimum absolute atomic E-state index is 0.0127. The van der Waals surface area contributed by atoms with Crippen LogP contribution in [0.15, 0.2) is 66.7 Å². The summed E-state index contributed by atoms with van der Waals surface area (Å²) in [6.07, 6.45) is 3.31. The smallest absolute Gasteiger partial charge is 0.243 e. The van der Waals surface area contributed by atoms with Crippen molar-refractivity contribution in [2.75, 3.05) is 23.7 Å². The van der Waals surface area contributed by atoms with E-state index < -0.39 is 16.1 Å². The Kier molecular flexibility index (Phi) is 13.2. The van der Waals surface area contributed by atoms with Gasteiger partial charge in [0.25, 0.3) is 0 Å². The molecule has 0 saturated heterocycles. The summed E-state index contributed by atoms with van der Waals surface area (Å²) in [5.74, 6) is -0.597. The van der Waals surface area contributed by atoms with Crippen LogP contribution in [0.25, 0.3) is 0 Å². The van der Waals surface area contributed by atoms with Crippen molar-refractivity contribution in [3.63, 3.8) is 0 Å². The number of hydrogen-bond acceptors (Lipinski definition) is 4. The van der Waals surface area contributed by atoms with E-state index in [0.29, 0.717) is 38.4 Å².